The molecule has 1 fully saturated rings. The van der Waals surface area contributed by atoms with Crippen LogP contribution >= 0.6 is 11.6 Å². The maximum atomic E-state index is 12.8. The molecule has 0 atom stereocenters. The van der Waals surface area contributed by atoms with Gasteiger partial charge in [0, 0.05) is 23.2 Å². The Morgan fingerprint density at radius 2 is 1.72 bits per heavy atom. The quantitative estimate of drug-likeness (QED) is 0.342. The minimum Gasteiger partial charge on any atom is -0.495 e. The van der Waals surface area contributed by atoms with Gasteiger partial charge in [-0.3, -0.25) is 25.2 Å². The third-order valence-corrected chi connectivity index (χ3v) is 6.18. The maximum absolute atomic E-state index is 12.8. The monoisotopic (exact) mass is 480 g/mol. The molecule has 2 aromatic rings. The summed E-state index contributed by atoms with van der Waals surface area (Å²) in [5.41, 5.74) is 4.69. The van der Waals surface area contributed by atoms with E-state index in [0.29, 0.717) is 10.6 Å². The van der Waals surface area contributed by atoms with Gasteiger partial charge in [-0.15, -0.1) is 0 Å². The zero-order valence-electron chi connectivity index (χ0n) is 17.0. The van der Waals surface area contributed by atoms with Crippen molar-refractivity contribution in [2.75, 3.05) is 7.11 Å². The van der Waals surface area contributed by atoms with E-state index in [1.807, 2.05) is 5.43 Å². The maximum Gasteiger partial charge on any atom is 0.327 e. The number of carbonyl (C=O) groups excluding carboxylic acids is 3. The molecular weight excluding hydrogens is 460 g/mol. The van der Waals surface area contributed by atoms with Gasteiger partial charge < -0.3 is 10.1 Å². The number of ether oxygens (including phenoxy) is 1. The van der Waals surface area contributed by atoms with Gasteiger partial charge in [0.1, 0.15) is 10.6 Å². The normalized spacial score (nSPS) is 13.2. The average molecular weight is 481 g/mol. The molecule has 32 heavy (non-hydrogen) atoms. The lowest BCUT2D eigenvalue weighted by atomic mass is 10.2. The third-order valence-electron chi connectivity index (χ3n) is 4.50. The van der Waals surface area contributed by atoms with Crippen LogP contribution in [0.15, 0.2) is 47.4 Å². The standard InChI is InChI=1S/C20H21ClN4O6S/c1-31-16-9-4-13(18(26)24-25-20(28)19(27)23-15-7-8-15)10-17(16)32(29,30)22-11-12-2-5-14(21)6-3-12/h2-6,9-10,15,22H,7-8,11H2,1H3,(H,23,27)(H,24,26)(H,25,28). The summed E-state index contributed by atoms with van der Waals surface area (Å²) >= 11 is 5.83. The van der Waals surface area contributed by atoms with Gasteiger partial charge >= 0.3 is 11.8 Å². The van der Waals surface area contributed by atoms with Gasteiger partial charge in [-0.1, -0.05) is 23.7 Å². The van der Waals surface area contributed by atoms with E-state index in [1.165, 1.54) is 19.2 Å². The number of hydrogen-bond donors (Lipinski definition) is 4. The molecular formula is C20H21ClN4O6S. The smallest absolute Gasteiger partial charge is 0.327 e. The Labute approximate surface area is 189 Å². The number of halogens is 1. The van der Waals surface area contributed by atoms with E-state index >= 15 is 0 Å². The van der Waals surface area contributed by atoms with E-state index in [-0.39, 0.29) is 28.8 Å². The number of methoxy groups -OCH3 is 1. The number of amides is 3. The highest BCUT2D eigenvalue weighted by Gasteiger charge is 2.27. The fourth-order valence-electron chi connectivity index (χ4n) is 2.61. The second-order valence-corrected chi connectivity index (χ2v) is 9.14. The molecule has 4 N–H and O–H groups in total. The van der Waals surface area contributed by atoms with E-state index in [1.54, 1.807) is 24.3 Å². The number of carbonyl (C=O) groups is 3. The van der Waals surface area contributed by atoms with Crippen molar-refractivity contribution >= 4 is 39.3 Å². The lowest BCUT2D eigenvalue weighted by molar-refractivity contribution is -0.139. The first-order valence-corrected chi connectivity index (χ1v) is 11.4. The Morgan fingerprint density at radius 3 is 2.34 bits per heavy atom. The van der Waals surface area contributed by atoms with Crippen molar-refractivity contribution in [3.63, 3.8) is 0 Å². The third kappa shape index (κ3) is 6.19. The van der Waals surface area contributed by atoms with Gasteiger partial charge in [0.2, 0.25) is 10.0 Å². The lowest BCUT2D eigenvalue weighted by Gasteiger charge is -2.13. The molecule has 0 heterocycles. The van der Waals surface area contributed by atoms with Crippen LogP contribution in [0.2, 0.25) is 5.02 Å². The lowest BCUT2D eigenvalue weighted by Crippen LogP contribution is -2.49. The van der Waals surface area contributed by atoms with E-state index in [9.17, 15) is 22.8 Å². The molecule has 0 radical (unpaired) electrons. The highest BCUT2D eigenvalue weighted by molar-refractivity contribution is 7.89. The number of sulfonamides is 1. The molecule has 12 heteroatoms. The SMILES string of the molecule is COc1ccc(C(=O)NNC(=O)C(=O)NC2CC2)cc1S(=O)(=O)NCc1ccc(Cl)cc1. The molecule has 1 aliphatic rings. The van der Waals surface area contributed by atoms with Crippen LogP contribution in [0.1, 0.15) is 28.8 Å². The molecule has 0 aliphatic heterocycles. The van der Waals surface area contributed by atoms with Crippen LogP contribution in [-0.2, 0) is 26.2 Å². The minimum absolute atomic E-state index is 0.00869. The van der Waals surface area contributed by atoms with Crippen LogP contribution < -0.4 is 25.6 Å². The van der Waals surface area contributed by atoms with E-state index in [2.05, 4.69) is 15.5 Å². The molecule has 0 unspecified atom stereocenters. The molecule has 0 spiro atoms. The first kappa shape index (κ1) is 23.5. The second kappa shape index (κ2) is 9.98. The summed E-state index contributed by atoms with van der Waals surface area (Å²) in [5.74, 6) is -2.68. The molecule has 1 saturated carbocycles. The van der Waals surface area contributed by atoms with Crippen LogP contribution in [0.25, 0.3) is 0 Å². The Bertz CT molecular complexity index is 1130. The van der Waals surface area contributed by atoms with Crippen LogP contribution in [0.5, 0.6) is 5.75 Å². The predicted molar refractivity (Wildman–Crippen MR) is 115 cm³/mol. The number of nitrogens with one attached hydrogen (secondary N) is 4. The summed E-state index contributed by atoms with van der Waals surface area (Å²) in [5, 5.41) is 3.00. The van der Waals surface area contributed by atoms with Crippen molar-refractivity contribution in [2.45, 2.75) is 30.3 Å². The molecule has 0 aromatic heterocycles. The van der Waals surface area contributed by atoms with Crippen molar-refractivity contribution in [2.24, 2.45) is 0 Å². The van der Waals surface area contributed by atoms with Crippen LogP contribution in [-0.4, -0.2) is 39.3 Å². The molecule has 0 saturated heterocycles. The molecule has 3 amide bonds. The van der Waals surface area contributed by atoms with Gasteiger partial charge in [-0.2, -0.15) is 0 Å². The molecule has 170 valence electrons. The molecule has 0 bridgehead atoms. The Kier molecular flexibility index (Phi) is 7.33. The Balaban J connectivity index is 1.69. The van der Waals surface area contributed by atoms with Gasteiger partial charge in [0.05, 0.1) is 7.11 Å². The van der Waals surface area contributed by atoms with Crippen molar-refractivity contribution in [1.82, 2.24) is 20.9 Å². The first-order chi connectivity index (χ1) is 15.2. The van der Waals surface area contributed by atoms with Gasteiger partial charge in [0.15, 0.2) is 0 Å². The fraction of sp³-hybridized carbons (Fsp3) is 0.250. The summed E-state index contributed by atoms with van der Waals surface area (Å²) in [7, 11) is -2.76. The number of hydrazine groups is 1. The van der Waals surface area contributed by atoms with Gasteiger partial charge in [-0.05, 0) is 48.7 Å². The molecule has 2 aromatic carbocycles. The van der Waals surface area contributed by atoms with Gasteiger partial charge in [-0.25, -0.2) is 13.1 Å². The van der Waals surface area contributed by atoms with Crippen molar-refractivity contribution < 1.29 is 27.5 Å². The van der Waals surface area contributed by atoms with E-state index in [4.69, 9.17) is 16.3 Å². The largest absolute Gasteiger partial charge is 0.495 e. The van der Waals surface area contributed by atoms with E-state index in [0.717, 1.165) is 18.9 Å². The Hall–Kier alpha value is -3.15. The van der Waals surface area contributed by atoms with Crippen molar-refractivity contribution in [3.8, 4) is 5.75 Å². The van der Waals surface area contributed by atoms with Crippen LogP contribution in [0.3, 0.4) is 0 Å². The van der Waals surface area contributed by atoms with Gasteiger partial charge in [0.25, 0.3) is 5.91 Å². The predicted octanol–water partition coefficient (Wildman–Crippen LogP) is 0.867. The van der Waals surface area contributed by atoms with Crippen LogP contribution in [0, 0.1) is 0 Å². The minimum atomic E-state index is -4.06. The molecule has 1 aliphatic carbocycles. The second-order valence-electron chi connectivity index (χ2n) is 6.97. The summed E-state index contributed by atoms with van der Waals surface area (Å²) < 4.78 is 33.2. The topological polar surface area (TPSA) is 143 Å². The van der Waals surface area contributed by atoms with Crippen molar-refractivity contribution in [3.05, 3.63) is 58.6 Å². The zero-order chi connectivity index (χ0) is 23.3. The highest BCUT2D eigenvalue weighted by atomic mass is 35.5. The first-order valence-electron chi connectivity index (χ1n) is 9.53. The number of rotatable bonds is 7. The Morgan fingerprint density at radius 1 is 1.03 bits per heavy atom. The molecule has 10 nitrogen and oxygen atoms in total. The summed E-state index contributed by atoms with van der Waals surface area (Å²) in [6, 6.07) is 10.3. The highest BCUT2D eigenvalue weighted by Crippen LogP contribution is 2.25. The van der Waals surface area contributed by atoms with Crippen molar-refractivity contribution in [1.29, 1.82) is 0 Å². The average Bonchev–Trinajstić information content (AvgIpc) is 3.60. The summed E-state index contributed by atoms with van der Waals surface area (Å²) in [6.45, 7) is -0.00869. The molecule has 3 rings (SSSR count). The zero-order valence-corrected chi connectivity index (χ0v) is 18.5. The number of benzene rings is 2. The summed E-state index contributed by atoms with van der Waals surface area (Å²) in [6.07, 6.45) is 1.61. The number of hydrogen-bond acceptors (Lipinski definition) is 6. The van der Waals surface area contributed by atoms with E-state index < -0.39 is 27.7 Å². The fourth-order valence-corrected chi connectivity index (χ4v) is 3.94. The summed E-state index contributed by atoms with van der Waals surface area (Å²) in [4.78, 5) is 35.5. The van der Waals surface area contributed by atoms with Crippen LogP contribution in [0.4, 0.5) is 0 Å².